The number of pyridine rings is 2. The van der Waals surface area contributed by atoms with Crippen molar-refractivity contribution in [2.24, 2.45) is 7.05 Å². The minimum atomic E-state index is -0.515. The molecule has 0 unspecified atom stereocenters. The van der Waals surface area contributed by atoms with Gasteiger partial charge in [-0.2, -0.15) is 5.10 Å². The molecule has 0 saturated heterocycles. The predicted molar refractivity (Wildman–Crippen MR) is 145 cm³/mol. The van der Waals surface area contributed by atoms with E-state index in [4.69, 9.17) is 5.73 Å². The summed E-state index contributed by atoms with van der Waals surface area (Å²) >= 11 is 0. The van der Waals surface area contributed by atoms with Crippen LogP contribution in [0.25, 0.3) is 22.3 Å². The molecule has 5 aromatic rings. The molecule has 0 atom stereocenters. The van der Waals surface area contributed by atoms with Gasteiger partial charge in [-0.05, 0) is 48.4 Å². The van der Waals surface area contributed by atoms with Crippen molar-refractivity contribution in [1.29, 1.82) is 0 Å². The van der Waals surface area contributed by atoms with Crippen molar-refractivity contribution in [2.45, 2.75) is 13.5 Å². The van der Waals surface area contributed by atoms with E-state index in [1.807, 2.05) is 31.4 Å². The Morgan fingerprint density at radius 3 is 2.39 bits per heavy atom. The zero-order valence-corrected chi connectivity index (χ0v) is 20.9. The number of carbonyl (C=O) groups excluding carboxylic acids is 1. The summed E-state index contributed by atoms with van der Waals surface area (Å²) in [6.45, 7) is 2.05. The molecule has 9 heteroatoms. The quantitative estimate of drug-likeness (QED) is 0.347. The fraction of sp³-hybridized carbons (Fsp3) is 0.103. The minimum absolute atomic E-state index is 0.0220. The Kier molecular flexibility index (Phi) is 6.57. The van der Waals surface area contributed by atoms with Gasteiger partial charge in [-0.1, -0.05) is 24.3 Å². The third-order valence-electron chi connectivity index (χ3n) is 6.19. The van der Waals surface area contributed by atoms with E-state index in [2.05, 4.69) is 15.4 Å². The maximum absolute atomic E-state index is 13.2. The number of benzene rings is 2. The maximum Gasteiger partial charge on any atom is 0.261 e. The molecule has 0 aliphatic heterocycles. The van der Waals surface area contributed by atoms with Crippen molar-refractivity contribution in [3.63, 3.8) is 0 Å². The summed E-state index contributed by atoms with van der Waals surface area (Å²) in [7, 11) is 1.85. The van der Waals surface area contributed by atoms with Gasteiger partial charge in [0.05, 0.1) is 6.20 Å². The van der Waals surface area contributed by atoms with E-state index in [0.717, 1.165) is 27.8 Å². The van der Waals surface area contributed by atoms with Crippen molar-refractivity contribution in [3.05, 3.63) is 118 Å². The van der Waals surface area contributed by atoms with Gasteiger partial charge in [-0.3, -0.25) is 14.3 Å². The van der Waals surface area contributed by atoms with Crippen LogP contribution in [0.3, 0.4) is 0 Å². The second-order valence-electron chi connectivity index (χ2n) is 9.07. The van der Waals surface area contributed by atoms with Crippen LogP contribution in [0.2, 0.25) is 0 Å². The Morgan fingerprint density at radius 1 is 0.974 bits per heavy atom. The van der Waals surface area contributed by atoms with E-state index in [1.165, 1.54) is 18.3 Å². The number of anilines is 2. The fourth-order valence-corrected chi connectivity index (χ4v) is 4.20. The SMILES string of the molecule is Cc1cn(Cc2ccc(F)cc2)cc(C(=O)Nc2ccc(-c3cc(-c4cnn(C)c4)cnc3N)cc2)c1=O. The number of hydrogen-bond donors (Lipinski definition) is 2. The average molecular weight is 509 g/mol. The maximum atomic E-state index is 13.2. The van der Waals surface area contributed by atoms with E-state index in [9.17, 15) is 14.0 Å². The Labute approximate surface area is 218 Å². The molecule has 3 heterocycles. The molecule has 0 fully saturated rings. The van der Waals surface area contributed by atoms with Gasteiger partial charge in [0.15, 0.2) is 5.43 Å². The van der Waals surface area contributed by atoms with Crippen LogP contribution in [-0.2, 0) is 13.6 Å². The molecular weight excluding hydrogens is 483 g/mol. The second-order valence-corrected chi connectivity index (χ2v) is 9.07. The largest absolute Gasteiger partial charge is 0.383 e. The van der Waals surface area contributed by atoms with Crippen LogP contribution in [0.1, 0.15) is 21.5 Å². The Hall–Kier alpha value is -5.05. The van der Waals surface area contributed by atoms with Crippen LogP contribution >= 0.6 is 0 Å². The molecule has 0 saturated carbocycles. The first kappa shape index (κ1) is 24.6. The van der Waals surface area contributed by atoms with Gasteiger partial charge in [0.1, 0.15) is 17.2 Å². The molecule has 0 bridgehead atoms. The number of rotatable bonds is 6. The van der Waals surface area contributed by atoms with Gasteiger partial charge in [-0.15, -0.1) is 0 Å². The zero-order chi connectivity index (χ0) is 26.8. The van der Waals surface area contributed by atoms with Crippen molar-refractivity contribution < 1.29 is 9.18 Å². The van der Waals surface area contributed by atoms with E-state index < -0.39 is 5.91 Å². The Balaban J connectivity index is 1.36. The second kappa shape index (κ2) is 10.1. The third-order valence-corrected chi connectivity index (χ3v) is 6.19. The summed E-state index contributed by atoms with van der Waals surface area (Å²) in [6.07, 6.45) is 8.55. The molecule has 1 amide bonds. The van der Waals surface area contributed by atoms with Gasteiger partial charge < -0.3 is 15.6 Å². The highest BCUT2D eigenvalue weighted by molar-refractivity contribution is 6.04. The number of carbonyl (C=O) groups is 1. The normalized spacial score (nSPS) is 10.9. The molecule has 8 nitrogen and oxygen atoms in total. The Bertz CT molecular complexity index is 1690. The summed E-state index contributed by atoms with van der Waals surface area (Å²) in [5.74, 6) is -0.453. The van der Waals surface area contributed by atoms with Crippen molar-refractivity contribution >= 4 is 17.4 Å². The van der Waals surface area contributed by atoms with E-state index in [-0.39, 0.29) is 16.8 Å². The summed E-state index contributed by atoms with van der Waals surface area (Å²) < 4.78 is 16.7. The number of aryl methyl sites for hydroxylation is 2. The van der Waals surface area contributed by atoms with Crippen molar-refractivity contribution in [3.8, 4) is 22.3 Å². The first-order chi connectivity index (χ1) is 18.3. The summed E-state index contributed by atoms with van der Waals surface area (Å²) in [6, 6.07) is 15.2. The lowest BCUT2D eigenvalue weighted by atomic mass is 10.0. The molecule has 3 N–H and O–H groups in total. The molecular formula is C29H25FN6O2. The molecule has 0 aliphatic rings. The number of halogens is 1. The number of nitrogens with one attached hydrogen (secondary N) is 1. The minimum Gasteiger partial charge on any atom is -0.383 e. The molecule has 0 radical (unpaired) electrons. The highest BCUT2D eigenvalue weighted by Crippen LogP contribution is 2.30. The highest BCUT2D eigenvalue weighted by Gasteiger charge is 2.15. The van der Waals surface area contributed by atoms with Gasteiger partial charge in [0.25, 0.3) is 5.91 Å². The molecule has 2 aromatic carbocycles. The lowest BCUT2D eigenvalue weighted by Gasteiger charge is -2.12. The van der Waals surface area contributed by atoms with Gasteiger partial charge in [-0.25, -0.2) is 9.37 Å². The summed E-state index contributed by atoms with van der Waals surface area (Å²) in [4.78, 5) is 30.1. The standard InChI is InChI=1S/C29H25FN6O2/c1-18-14-36(15-19-3-7-23(30)8-4-19)17-26(27(18)37)29(38)34-24-9-5-20(6-10-24)25-11-21(12-32-28(25)31)22-13-33-35(2)16-22/h3-14,16-17H,15H2,1-2H3,(H2,31,32)(H,34,38). The summed E-state index contributed by atoms with van der Waals surface area (Å²) in [5, 5.41) is 7.00. The van der Waals surface area contributed by atoms with Gasteiger partial charge in [0.2, 0.25) is 0 Å². The topological polar surface area (TPSA) is 108 Å². The van der Waals surface area contributed by atoms with E-state index in [1.54, 1.807) is 59.0 Å². The number of nitrogens with zero attached hydrogens (tertiary/aromatic N) is 4. The zero-order valence-electron chi connectivity index (χ0n) is 20.9. The van der Waals surface area contributed by atoms with Crippen LogP contribution in [-0.4, -0.2) is 25.2 Å². The lowest BCUT2D eigenvalue weighted by molar-refractivity contribution is 0.102. The molecule has 5 rings (SSSR count). The average Bonchev–Trinajstić information content (AvgIpc) is 3.34. The first-order valence-corrected chi connectivity index (χ1v) is 11.9. The van der Waals surface area contributed by atoms with Crippen molar-refractivity contribution in [1.82, 2.24) is 19.3 Å². The van der Waals surface area contributed by atoms with Crippen LogP contribution in [0.4, 0.5) is 15.9 Å². The molecule has 190 valence electrons. The fourth-order valence-electron chi connectivity index (χ4n) is 4.20. The predicted octanol–water partition coefficient (Wildman–Crippen LogP) is 4.64. The van der Waals surface area contributed by atoms with E-state index >= 15 is 0 Å². The van der Waals surface area contributed by atoms with Gasteiger partial charge in [0, 0.05) is 66.3 Å². The van der Waals surface area contributed by atoms with Crippen LogP contribution in [0.5, 0.6) is 0 Å². The van der Waals surface area contributed by atoms with Crippen molar-refractivity contribution in [2.75, 3.05) is 11.1 Å². The van der Waals surface area contributed by atoms with E-state index in [0.29, 0.717) is 23.6 Å². The number of amides is 1. The smallest absolute Gasteiger partial charge is 0.261 e. The lowest BCUT2D eigenvalue weighted by Crippen LogP contribution is -2.25. The number of aromatic nitrogens is 4. The molecule has 3 aromatic heterocycles. The Morgan fingerprint density at radius 2 is 1.71 bits per heavy atom. The molecule has 38 heavy (non-hydrogen) atoms. The first-order valence-electron chi connectivity index (χ1n) is 11.9. The molecule has 0 aliphatic carbocycles. The number of nitrogens with two attached hydrogens (primary N) is 1. The van der Waals surface area contributed by atoms with Crippen LogP contribution in [0.15, 0.2) is 90.4 Å². The number of nitrogen functional groups attached to an aromatic ring is 1. The number of hydrogen-bond acceptors (Lipinski definition) is 5. The molecule has 0 spiro atoms. The van der Waals surface area contributed by atoms with Gasteiger partial charge >= 0.3 is 0 Å². The third kappa shape index (κ3) is 5.22. The van der Waals surface area contributed by atoms with Crippen LogP contribution < -0.4 is 16.5 Å². The van der Waals surface area contributed by atoms with Crippen LogP contribution in [0, 0.1) is 12.7 Å². The summed E-state index contributed by atoms with van der Waals surface area (Å²) in [5.41, 5.74) is 11.0. The monoisotopic (exact) mass is 508 g/mol. The highest BCUT2D eigenvalue weighted by atomic mass is 19.1.